The number of carbonyl (C=O) groups excluding carboxylic acids is 1. The quantitative estimate of drug-likeness (QED) is 0.204. The van der Waals surface area contributed by atoms with E-state index in [1.165, 1.54) is 4.90 Å². The van der Waals surface area contributed by atoms with Gasteiger partial charge in [0.1, 0.15) is 0 Å². The molecule has 160 valence electrons. The number of hydrogen-bond donors (Lipinski definition) is 3. The maximum atomic E-state index is 12.4. The van der Waals surface area contributed by atoms with E-state index >= 15 is 0 Å². The molecule has 0 unspecified atom stereocenters. The molecule has 0 aromatic heterocycles. The Bertz CT molecular complexity index is 452. The minimum Gasteiger partial charge on any atom is -0.356 e. The van der Waals surface area contributed by atoms with E-state index in [1.54, 1.807) is 7.05 Å². The molecule has 27 heavy (non-hydrogen) atoms. The van der Waals surface area contributed by atoms with Crippen molar-refractivity contribution in [3.05, 3.63) is 0 Å². The van der Waals surface area contributed by atoms with Crippen molar-refractivity contribution in [2.45, 2.75) is 39.3 Å². The van der Waals surface area contributed by atoms with Crippen molar-refractivity contribution >= 4 is 35.8 Å². The molecule has 0 saturated carbocycles. The van der Waals surface area contributed by atoms with Crippen molar-refractivity contribution in [1.82, 2.24) is 20.9 Å². The fraction of sp³-hybridized carbons (Fsp3) is 0.882. The first kappa shape index (κ1) is 26.2. The van der Waals surface area contributed by atoms with Gasteiger partial charge in [0.25, 0.3) is 0 Å². The Labute approximate surface area is 177 Å². The fourth-order valence-corrected chi connectivity index (χ4v) is 2.87. The SMILES string of the molecule is CN=C(NCCNC(=O)C(C)C)NCCC1CCN(CC(F)(F)F)CC1.I. The molecule has 0 atom stereocenters. The summed E-state index contributed by atoms with van der Waals surface area (Å²) in [6, 6.07) is 0. The molecule has 0 bridgehead atoms. The molecule has 1 fully saturated rings. The molecule has 0 aromatic carbocycles. The molecule has 0 spiro atoms. The van der Waals surface area contributed by atoms with Crippen LogP contribution in [0.15, 0.2) is 4.99 Å². The maximum absolute atomic E-state index is 12.4. The van der Waals surface area contributed by atoms with Crippen molar-refractivity contribution < 1.29 is 18.0 Å². The first-order valence-corrected chi connectivity index (χ1v) is 9.22. The smallest absolute Gasteiger partial charge is 0.356 e. The van der Waals surface area contributed by atoms with Crippen LogP contribution in [0, 0.1) is 11.8 Å². The van der Waals surface area contributed by atoms with Gasteiger partial charge in [-0.25, -0.2) is 0 Å². The van der Waals surface area contributed by atoms with E-state index in [2.05, 4.69) is 20.9 Å². The summed E-state index contributed by atoms with van der Waals surface area (Å²) in [6.45, 7) is 5.72. The van der Waals surface area contributed by atoms with E-state index in [9.17, 15) is 18.0 Å². The predicted octanol–water partition coefficient (Wildman–Crippen LogP) is 2.21. The lowest BCUT2D eigenvalue weighted by Crippen LogP contribution is -2.43. The van der Waals surface area contributed by atoms with Gasteiger partial charge in [-0.3, -0.25) is 14.7 Å². The van der Waals surface area contributed by atoms with E-state index in [-0.39, 0.29) is 35.8 Å². The number of aliphatic imine (C=N–C) groups is 1. The minimum atomic E-state index is -4.11. The van der Waals surface area contributed by atoms with Crippen LogP contribution in [-0.4, -0.2) is 69.3 Å². The van der Waals surface area contributed by atoms with Crippen LogP contribution >= 0.6 is 24.0 Å². The van der Waals surface area contributed by atoms with Crippen LogP contribution in [0.3, 0.4) is 0 Å². The van der Waals surface area contributed by atoms with Gasteiger partial charge in [-0.2, -0.15) is 13.2 Å². The molecule has 0 aromatic rings. The van der Waals surface area contributed by atoms with Crippen molar-refractivity contribution in [2.24, 2.45) is 16.8 Å². The zero-order chi connectivity index (χ0) is 19.6. The second kappa shape index (κ2) is 13.4. The molecule has 1 saturated heterocycles. The number of halogens is 4. The van der Waals surface area contributed by atoms with Gasteiger partial charge in [-0.15, -0.1) is 24.0 Å². The van der Waals surface area contributed by atoms with Crippen LogP contribution in [0.4, 0.5) is 13.2 Å². The third-order valence-corrected chi connectivity index (χ3v) is 4.42. The lowest BCUT2D eigenvalue weighted by Gasteiger charge is -2.32. The van der Waals surface area contributed by atoms with Crippen molar-refractivity contribution in [2.75, 3.05) is 46.3 Å². The van der Waals surface area contributed by atoms with Crippen LogP contribution in [0.25, 0.3) is 0 Å². The molecule has 0 radical (unpaired) electrons. The predicted molar refractivity (Wildman–Crippen MR) is 112 cm³/mol. The molecule has 10 heteroatoms. The highest BCUT2D eigenvalue weighted by Crippen LogP contribution is 2.23. The zero-order valence-electron chi connectivity index (χ0n) is 16.4. The van der Waals surface area contributed by atoms with E-state index in [1.807, 2.05) is 13.8 Å². The maximum Gasteiger partial charge on any atom is 0.401 e. The number of rotatable bonds is 8. The summed E-state index contributed by atoms with van der Waals surface area (Å²) >= 11 is 0. The summed E-state index contributed by atoms with van der Waals surface area (Å²) in [6.07, 6.45) is -1.61. The van der Waals surface area contributed by atoms with Gasteiger partial charge in [0.05, 0.1) is 6.54 Å². The Hall–Kier alpha value is -0.780. The second-order valence-corrected chi connectivity index (χ2v) is 6.99. The highest BCUT2D eigenvalue weighted by molar-refractivity contribution is 14.0. The molecule has 1 aliphatic heterocycles. The monoisotopic (exact) mass is 507 g/mol. The van der Waals surface area contributed by atoms with Crippen LogP contribution < -0.4 is 16.0 Å². The average molecular weight is 507 g/mol. The normalized spacial score (nSPS) is 16.8. The van der Waals surface area contributed by atoms with E-state index < -0.39 is 12.7 Å². The van der Waals surface area contributed by atoms with Gasteiger partial charge in [0, 0.05) is 32.6 Å². The number of likely N-dealkylation sites (tertiary alicyclic amines) is 1. The third kappa shape index (κ3) is 12.3. The Morgan fingerprint density at radius 3 is 2.19 bits per heavy atom. The number of piperidine rings is 1. The first-order valence-electron chi connectivity index (χ1n) is 9.22. The van der Waals surface area contributed by atoms with Gasteiger partial charge in [-0.1, -0.05) is 13.8 Å². The number of alkyl halides is 3. The van der Waals surface area contributed by atoms with Crippen molar-refractivity contribution in [1.29, 1.82) is 0 Å². The van der Waals surface area contributed by atoms with Gasteiger partial charge < -0.3 is 16.0 Å². The van der Waals surface area contributed by atoms with Gasteiger partial charge in [0.15, 0.2) is 5.96 Å². The van der Waals surface area contributed by atoms with E-state index in [0.29, 0.717) is 38.1 Å². The van der Waals surface area contributed by atoms with Crippen molar-refractivity contribution in [3.63, 3.8) is 0 Å². The number of guanidine groups is 1. The Morgan fingerprint density at radius 1 is 1.11 bits per heavy atom. The lowest BCUT2D eigenvalue weighted by molar-refractivity contribution is -0.148. The van der Waals surface area contributed by atoms with Gasteiger partial charge >= 0.3 is 6.18 Å². The molecule has 1 aliphatic rings. The van der Waals surface area contributed by atoms with Gasteiger partial charge in [0.2, 0.25) is 5.91 Å². The number of carbonyl (C=O) groups is 1. The summed E-state index contributed by atoms with van der Waals surface area (Å²) in [5, 5.41) is 9.16. The number of nitrogens with zero attached hydrogens (tertiary/aromatic N) is 2. The Balaban J connectivity index is 0.00000676. The molecule has 6 nitrogen and oxygen atoms in total. The molecule has 0 aliphatic carbocycles. The number of hydrogen-bond acceptors (Lipinski definition) is 3. The highest BCUT2D eigenvalue weighted by Gasteiger charge is 2.32. The first-order chi connectivity index (χ1) is 12.2. The van der Waals surface area contributed by atoms with Gasteiger partial charge in [-0.05, 0) is 38.3 Å². The lowest BCUT2D eigenvalue weighted by atomic mass is 9.93. The largest absolute Gasteiger partial charge is 0.401 e. The minimum absolute atomic E-state index is 0. The summed E-state index contributed by atoms with van der Waals surface area (Å²) in [4.78, 5) is 17.1. The number of nitrogens with one attached hydrogen (secondary N) is 3. The molecule has 1 rings (SSSR count). The van der Waals surface area contributed by atoms with Crippen LogP contribution in [-0.2, 0) is 4.79 Å². The highest BCUT2D eigenvalue weighted by atomic mass is 127. The second-order valence-electron chi connectivity index (χ2n) is 6.99. The summed E-state index contributed by atoms with van der Waals surface area (Å²) in [5.74, 6) is 1.09. The number of amides is 1. The standard InChI is InChI=1S/C17H32F3N5O.HI/c1-13(2)15(26)22-8-9-24-16(21-3)23-7-4-14-5-10-25(11-6-14)12-17(18,19)20;/h13-14H,4-12H2,1-3H3,(H,22,26)(H2,21,23,24);1H. The summed E-state index contributed by atoms with van der Waals surface area (Å²) in [5.41, 5.74) is 0. The average Bonchev–Trinajstić information content (AvgIpc) is 2.56. The molecular weight excluding hydrogens is 474 g/mol. The Kier molecular flexibility index (Phi) is 13.0. The molecule has 3 N–H and O–H groups in total. The third-order valence-electron chi connectivity index (χ3n) is 4.42. The van der Waals surface area contributed by atoms with Crippen LogP contribution in [0.5, 0.6) is 0 Å². The summed E-state index contributed by atoms with van der Waals surface area (Å²) < 4.78 is 37.2. The molecule has 1 heterocycles. The van der Waals surface area contributed by atoms with E-state index in [0.717, 1.165) is 25.8 Å². The zero-order valence-corrected chi connectivity index (χ0v) is 18.7. The molecule has 1 amide bonds. The molecular formula is C17H33F3IN5O. The topological polar surface area (TPSA) is 68.8 Å². The van der Waals surface area contributed by atoms with Crippen LogP contribution in [0.2, 0.25) is 0 Å². The van der Waals surface area contributed by atoms with E-state index in [4.69, 9.17) is 0 Å². The summed E-state index contributed by atoms with van der Waals surface area (Å²) in [7, 11) is 1.68. The van der Waals surface area contributed by atoms with Crippen molar-refractivity contribution in [3.8, 4) is 0 Å². The van der Waals surface area contributed by atoms with Crippen LogP contribution in [0.1, 0.15) is 33.1 Å². The fourth-order valence-electron chi connectivity index (χ4n) is 2.87. The Morgan fingerprint density at radius 2 is 1.67 bits per heavy atom.